The van der Waals surface area contributed by atoms with E-state index in [9.17, 15) is 4.79 Å². The Labute approximate surface area is 127 Å². The van der Waals surface area contributed by atoms with E-state index in [1.807, 2.05) is 6.92 Å². The average Bonchev–Trinajstić information content (AvgIpc) is 2.53. The number of anilines is 1. The van der Waals surface area contributed by atoms with Gasteiger partial charge >= 0.3 is 0 Å². The second-order valence-corrected chi connectivity index (χ2v) is 5.84. The van der Waals surface area contributed by atoms with Crippen molar-refractivity contribution in [3.8, 4) is 0 Å². The Morgan fingerprint density at radius 1 is 1.43 bits per heavy atom. The summed E-state index contributed by atoms with van der Waals surface area (Å²) in [4.78, 5) is 19.1. The van der Waals surface area contributed by atoms with Crippen molar-refractivity contribution >= 4 is 5.82 Å². The average molecular weight is 292 g/mol. The van der Waals surface area contributed by atoms with Crippen LogP contribution in [0.25, 0.3) is 0 Å². The molecule has 0 aromatic carbocycles. The minimum atomic E-state index is 0.0367. The zero-order valence-electron chi connectivity index (χ0n) is 13.5. The zero-order chi connectivity index (χ0) is 15.2. The lowest BCUT2D eigenvalue weighted by Crippen LogP contribution is -2.53. The van der Waals surface area contributed by atoms with Crippen LogP contribution < -0.4 is 15.8 Å². The van der Waals surface area contributed by atoms with Crippen LogP contribution in [-0.2, 0) is 6.54 Å². The monoisotopic (exact) mass is 292 g/mol. The van der Waals surface area contributed by atoms with E-state index < -0.39 is 0 Å². The highest BCUT2D eigenvalue weighted by Crippen LogP contribution is 2.23. The van der Waals surface area contributed by atoms with Crippen LogP contribution >= 0.6 is 0 Å². The highest BCUT2D eigenvalue weighted by molar-refractivity contribution is 5.38. The molecule has 2 heterocycles. The highest BCUT2D eigenvalue weighted by atomic mass is 16.1. The van der Waals surface area contributed by atoms with Gasteiger partial charge in [-0.1, -0.05) is 6.92 Å². The van der Waals surface area contributed by atoms with Gasteiger partial charge in [0.25, 0.3) is 5.56 Å². The van der Waals surface area contributed by atoms with Gasteiger partial charge in [-0.3, -0.25) is 4.79 Å². The fraction of sp³-hybridized carbons (Fsp3) is 0.750. The van der Waals surface area contributed by atoms with Gasteiger partial charge in [0.05, 0.1) is 0 Å². The van der Waals surface area contributed by atoms with Crippen LogP contribution in [0.15, 0.2) is 17.2 Å². The molecule has 0 aliphatic carbocycles. The summed E-state index contributed by atoms with van der Waals surface area (Å²) in [5.41, 5.74) is 0.0367. The minimum absolute atomic E-state index is 0.0367. The summed E-state index contributed by atoms with van der Waals surface area (Å²) < 4.78 is 1.73. The van der Waals surface area contributed by atoms with E-state index in [2.05, 4.69) is 29.0 Å². The molecular formula is C16H28N4O. The van der Waals surface area contributed by atoms with Crippen molar-refractivity contribution in [3.05, 3.63) is 22.7 Å². The van der Waals surface area contributed by atoms with E-state index >= 15 is 0 Å². The first-order valence-electron chi connectivity index (χ1n) is 8.24. The number of nitrogens with zero attached hydrogens (tertiary/aromatic N) is 3. The molecule has 0 saturated carbocycles. The fourth-order valence-corrected chi connectivity index (χ4v) is 3.13. The Kier molecular flexibility index (Phi) is 5.79. The molecule has 0 radical (unpaired) electrons. The first-order valence-corrected chi connectivity index (χ1v) is 8.24. The normalized spacial score (nSPS) is 20.5. The third-order valence-electron chi connectivity index (χ3n) is 4.35. The molecule has 0 amide bonds. The van der Waals surface area contributed by atoms with Crippen LogP contribution in [0, 0.1) is 0 Å². The highest BCUT2D eigenvalue weighted by Gasteiger charge is 2.29. The van der Waals surface area contributed by atoms with E-state index in [-0.39, 0.29) is 5.56 Å². The standard InChI is InChI=1S/C16H28N4O/c1-4-9-17-13(3)14-8-6-7-11-20(14)15-16(21)19(5-2)12-10-18-15/h10,12-14,17H,4-9,11H2,1-3H3. The van der Waals surface area contributed by atoms with E-state index in [0.29, 0.717) is 24.4 Å². The van der Waals surface area contributed by atoms with Gasteiger partial charge in [-0.05, 0) is 46.1 Å². The molecule has 1 aliphatic rings. The van der Waals surface area contributed by atoms with Crippen molar-refractivity contribution < 1.29 is 0 Å². The lowest BCUT2D eigenvalue weighted by Gasteiger charge is -2.40. The molecule has 5 heteroatoms. The van der Waals surface area contributed by atoms with Crippen molar-refractivity contribution in [1.29, 1.82) is 0 Å². The van der Waals surface area contributed by atoms with Crippen LogP contribution in [0.5, 0.6) is 0 Å². The predicted molar refractivity (Wildman–Crippen MR) is 86.9 cm³/mol. The van der Waals surface area contributed by atoms with Gasteiger partial charge in [-0.25, -0.2) is 4.98 Å². The Bertz CT molecular complexity index is 499. The number of hydrogen-bond acceptors (Lipinski definition) is 4. The van der Waals surface area contributed by atoms with Crippen molar-refractivity contribution in [3.63, 3.8) is 0 Å². The Morgan fingerprint density at radius 2 is 2.24 bits per heavy atom. The molecule has 0 spiro atoms. The maximum Gasteiger partial charge on any atom is 0.293 e. The molecule has 1 aromatic heterocycles. The van der Waals surface area contributed by atoms with Crippen molar-refractivity contribution in [2.24, 2.45) is 0 Å². The lowest BCUT2D eigenvalue weighted by atomic mass is 9.96. The quantitative estimate of drug-likeness (QED) is 0.871. The second kappa shape index (κ2) is 7.59. The van der Waals surface area contributed by atoms with Crippen LogP contribution in [-0.4, -0.2) is 34.7 Å². The molecule has 5 nitrogen and oxygen atoms in total. The molecule has 21 heavy (non-hydrogen) atoms. The Morgan fingerprint density at radius 3 is 2.95 bits per heavy atom. The summed E-state index contributed by atoms with van der Waals surface area (Å²) in [5.74, 6) is 0.620. The molecular weight excluding hydrogens is 264 g/mol. The number of rotatable bonds is 6. The summed E-state index contributed by atoms with van der Waals surface area (Å²) in [5, 5.41) is 3.57. The van der Waals surface area contributed by atoms with Crippen molar-refractivity contribution in [2.45, 2.75) is 65.1 Å². The van der Waals surface area contributed by atoms with Crippen LogP contribution in [0.1, 0.15) is 46.5 Å². The zero-order valence-corrected chi connectivity index (χ0v) is 13.5. The first kappa shape index (κ1) is 16.0. The Hall–Kier alpha value is -1.36. The number of aryl methyl sites for hydroxylation is 1. The number of aromatic nitrogens is 2. The Balaban J connectivity index is 2.24. The second-order valence-electron chi connectivity index (χ2n) is 5.84. The smallest absolute Gasteiger partial charge is 0.293 e. The van der Waals surface area contributed by atoms with Gasteiger partial charge < -0.3 is 14.8 Å². The maximum atomic E-state index is 12.5. The molecule has 1 aromatic rings. The SMILES string of the molecule is CCCNC(C)C1CCCCN1c1nccn(CC)c1=O. The van der Waals surface area contributed by atoms with Gasteiger partial charge in [-0.2, -0.15) is 0 Å². The third kappa shape index (κ3) is 3.64. The summed E-state index contributed by atoms with van der Waals surface area (Å²) in [6, 6.07) is 0.736. The number of nitrogens with one attached hydrogen (secondary N) is 1. The molecule has 1 aliphatic heterocycles. The predicted octanol–water partition coefficient (Wildman–Crippen LogP) is 2.01. The maximum absolute atomic E-state index is 12.5. The number of hydrogen-bond donors (Lipinski definition) is 1. The van der Waals surface area contributed by atoms with Crippen molar-refractivity contribution in [1.82, 2.24) is 14.9 Å². The fourth-order valence-electron chi connectivity index (χ4n) is 3.13. The third-order valence-corrected chi connectivity index (χ3v) is 4.35. The topological polar surface area (TPSA) is 50.2 Å². The van der Waals surface area contributed by atoms with E-state index in [1.54, 1.807) is 17.0 Å². The first-order chi connectivity index (χ1) is 10.2. The van der Waals surface area contributed by atoms with Crippen LogP contribution in [0.4, 0.5) is 5.82 Å². The summed E-state index contributed by atoms with van der Waals surface area (Å²) in [7, 11) is 0. The largest absolute Gasteiger partial charge is 0.347 e. The van der Waals surface area contributed by atoms with Crippen molar-refractivity contribution in [2.75, 3.05) is 18.0 Å². The molecule has 2 rings (SSSR count). The van der Waals surface area contributed by atoms with Crippen LogP contribution in [0.3, 0.4) is 0 Å². The van der Waals surface area contributed by atoms with Gasteiger partial charge in [0, 0.05) is 37.6 Å². The molecule has 2 atom stereocenters. The molecule has 118 valence electrons. The van der Waals surface area contributed by atoms with Gasteiger partial charge in [0.15, 0.2) is 5.82 Å². The van der Waals surface area contributed by atoms with Gasteiger partial charge in [-0.15, -0.1) is 0 Å². The van der Waals surface area contributed by atoms with Gasteiger partial charge in [0.1, 0.15) is 0 Å². The van der Waals surface area contributed by atoms with E-state index in [4.69, 9.17) is 0 Å². The summed E-state index contributed by atoms with van der Waals surface area (Å²) in [6.07, 6.45) is 8.14. The lowest BCUT2D eigenvalue weighted by molar-refractivity contribution is 0.365. The van der Waals surface area contributed by atoms with E-state index in [0.717, 1.165) is 32.4 Å². The molecule has 2 unspecified atom stereocenters. The summed E-state index contributed by atoms with van der Waals surface area (Å²) in [6.45, 7) is 9.03. The number of piperidine rings is 1. The molecule has 0 bridgehead atoms. The minimum Gasteiger partial charge on any atom is -0.347 e. The summed E-state index contributed by atoms with van der Waals surface area (Å²) >= 11 is 0. The van der Waals surface area contributed by atoms with E-state index in [1.165, 1.54) is 6.42 Å². The van der Waals surface area contributed by atoms with Gasteiger partial charge in [0.2, 0.25) is 0 Å². The molecule has 1 saturated heterocycles. The molecule has 1 fully saturated rings. The molecule has 1 N–H and O–H groups in total. The van der Waals surface area contributed by atoms with Crippen LogP contribution in [0.2, 0.25) is 0 Å².